The number of thiophene rings is 1. The molecule has 0 atom stereocenters. The summed E-state index contributed by atoms with van der Waals surface area (Å²) in [4.78, 5) is -0.754. The number of hydrogen-bond donors (Lipinski definition) is 0. The third-order valence-electron chi connectivity index (χ3n) is 3.85. The quantitative estimate of drug-likeness (QED) is 0.665. The fourth-order valence-electron chi connectivity index (χ4n) is 2.53. The predicted molar refractivity (Wildman–Crippen MR) is 95.9 cm³/mol. The van der Waals surface area contributed by atoms with Crippen LogP contribution in [0.5, 0.6) is 0 Å². The summed E-state index contributed by atoms with van der Waals surface area (Å²) in [6, 6.07) is 5.28. The van der Waals surface area contributed by atoms with E-state index >= 15 is 0 Å². The minimum Gasteiger partial charge on any atom is -0.207 e. The number of hydrogen-bond acceptors (Lipinski definition) is 5. The van der Waals surface area contributed by atoms with Crippen LogP contribution in [0.25, 0.3) is 0 Å². The van der Waals surface area contributed by atoms with E-state index in [1.165, 1.54) is 10.4 Å². The van der Waals surface area contributed by atoms with Crippen molar-refractivity contribution in [2.75, 3.05) is 26.2 Å². The van der Waals surface area contributed by atoms with E-state index in [9.17, 15) is 25.6 Å². The molecule has 26 heavy (non-hydrogen) atoms. The first-order valence-electron chi connectivity index (χ1n) is 7.33. The van der Waals surface area contributed by atoms with Gasteiger partial charge in [0.25, 0.3) is 10.0 Å². The van der Waals surface area contributed by atoms with Crippen LogP contribution < -0.4 is 0 Å². The van der Waals surface area contributed by atoms with Crippen LogP contribution in [-0.4, -0.2) is 51.6 Å². The third kappa shape index (κ3) is 3.71. The zero-order chi connectivity index (χ0) is 19.1. The number of benzene rings is 1. The molecule has 1 fully saturated rings. The maximum Gasteiger partial charge on any atom is 0.252 e. The second-order valence-electron chi connectivity index (χ2n) is 5.44. The van der Waals surface area contributed by atoms with Crippen LogP contribution in [0.15, 0.2) is 43.2 Å². The van der Waals surface area contributed by atoms with Crippen molar-refractivity contribution in [1.29, 1.82) is 0 Å². The Morgan fingerprint density at radius 1 is 0.885 bits per heavy atom. The molecule has 1 aromatic carbocycles. The molecule has 0 spiro atoms. The lowest BCUT2D eigenvalue weighted by Gasteiger charge is -2.33. The summed E-state index contributed by atoms with van der Waals surface area (Å²) in [5.74, 6) is -1.92. The normalized spacial score (nSPS) is 17.5. The van der Waals surface area contributed by atoms with Gasteiger partial charge in [-0.25, -0.2) is 25.6 Å². The first-order chi connectivity index (χ1) is 12.1. The predicted octanol–water partition coefficient (Wildman–Crippen LogP) is 2.48. The van der Waals surface area contributed by atoms with Gasteiger partial charge in [-0.05, 0) is 46.3 Å². The van der Waals surface area contributed by atoms with E-state index in [4.69, 9.17) is 0 Å². The molecule has 0 radical (unpaired) electrons. The molecule has 2 heterocycles. The SMILES string of the molecule is O=S(=O)(c1ccc(Br)s1)N1CCN(S(=O)(=O)c2cc(F)ccc2F)CC1. The highest BCUT2D eigenvalue weighted by atomic mass is 79.9. The highest BCUT2D eigenvalue weighted by Crippen LogP contribution is 2.29. The Kier molecular flexibility index (Phi) is 5.53. The van der Waals surface area contributed by atoms with Gasteiger partial charge in [0.15, 0.2) is 0 Å². The zero-order valence-electron chi connectivity index (χ0n) is 13.1. The van der Waals surface area contributed by atoms with E-state index in [1.54, 1.807) is 6.07 Å². The van der Waals surface area contributed by atoms with Crippen molar-refractivity contribution < 1.29 is 25.6 Å². The smallest absolute Gasteiger partial charge is 0.207 e. The molecular formula is C14H13BrF2N2O4S3. The van der Waals surface area contributed by atoms with Gasteiger partial charge in [0.1, 0.15) is 20.7 Å². The molecule has 1 saturated heterocycles. The molecule has 142 valence electrons. The summed E-state index contributed by atoms with van der Waals surface area (Å²) in [6.45, 7) is -0.448. The van der Waals surface area contributed by atoms with Crippen molar-refractivity contribution in [2.45, 2.75) is 9.10 Å². The average Bonchev–Trinajstić information content (AvgIpc) is 3.04. The number of halogens is 3. The van der Waals surface area contributed by atoms with Crippen molar-refractivity contribution in [1.82, 2.24) is 8.61 Å². The van der Waals surface area contributed by atoms with E-state index in [0.717, 1.165) is 27.8 Å². The topological polar surface area (TPSA) is 74.8 Å². The van der Waals surface area contributed by atoms with Crippen molar-refractivity contribution in [3.8, 4) is 0 Å². The minimum absolute atomic E-state index is 0.0754. The summed E-state index contributed by atoms with van der Waals surface area (Å²) < 4.78 is 80.3. The molecule has 1 aliphatic rings. The average molecular weight is 487 g/mol. The molecule has 0 amide bonds. The molecule has 12 heteroatoms. The van der Waals surface area contributed by atoms with E-state index in [0.29, 0.717) is 9.85 Å². The summed E-state index contributed by atoms with van der Waals surface area (Å²) in [6.07, 6.45) is 0. The summed E-state index contributed by atoms with van der Waals surface area (Å²) in [5, 5.41) is 0. The fourth-order valence-corrected chi connectivity index (χ4v) is 7.61. The number of rotatable bonds is 4. The van der Waals surface area contributed by atoms with Gasteiger partial charge < -0.3 is 0 Å². The maximum atomic E-state index is 13.8. The molecule has 1 aromatic heterocycles. The van der Waals surface area contributed by atoms with Gasteiger partial charge in [0.2, 0.25) is 10.0 Å². The van der Waals surface area contributed by atoms with Gasteiger partial charge in [-0.2, -0.15) is 8.61 Å². The van der Waals surface area contributed by atoms with Gasteiger partial charge in [-0.1, -0.05) is 0 Å². The third-order valence-corrected chi connectivity index (χ3v) is 9.75. The van der Waals surface area contributed by atoms with Crippen LogP contribution in [0, 0.1) is 11.6 Å². The van der Waals surface area contributed by atoms with Crippen LogP contribution in [0.1, 0.15) is 0 Å². The summed E-state index contributed by atoms with van der Waals surface area (Å²) in [7, 11) is -7.98. The van der Waals surface area contributed by atoms with E-state index < -0.39 is 36.6 Å². The molecule has 3 rings (SSSR count). The fraction of sp³-hybridized carbons (Fsp3) is 0.286. The van der Waals surface area contributed by atoms with E-state index in [1.807, 2.05) is 0 Å². The van der Waals surface area contributed by atoms with Crippen molar-refractivity contribution >= 4 is 47.3 Å². The van der Waals surface area contributed by atoms with Crippen molar-refractivity contribution in [2.24, 2.45) is 0 Å². The van der Waals surface area contributed by atoms with E-state index in [2.05, 4.69) is 15.9 Å². The molecule has 6 nitrogen and oxygen atoms in total. The first kappa shape index (κ1) is 19.8. The number of piperazine rings is 1. The molecule has 0 saturated carbocycles. The molecule has 2 aromatic rings. The Labute approximate surface area is 162 Å². The Morgan fingerprint density at radius 2 is 1.46 bits per heavy atom. The number of nitrogens with zero attached hydrogens (tertiary/aromatic N) is 2. The van der Waals surface area contributed by atoms with Crippen LogP contribution in [0.3, 0.4) is 0 Å². The van der Waals surface area contributed by atoms with Crippen LogP contribution >= 0.6 is 27.3 Å². The Morgan fingerprint density at radius 3 is 2.00 bits per heavy atom. The standard InChI is InChI=1S/C14H13BrF2N2O4S3/c15-13-3-4-14(24-13)26(22,23)19-7-5-18(6-8-19)25(20,21)12-9-10(16)1-2-11(12)17/h1-4,9H,5-8H2. The van der Waals surface area contributed by atoms with E-state index in [-0.39, 0.29) is 30.4 Å². The molecule has 0 bridgehead atoms. The minimum atomic E-state index is -4.25. The monoisotopic (exact) mass is 486 g/mol. The molecule has 0 aliphatic carbocycles. The van der Waals surface area contributed by atoms with Gasteiger partial charge in [-0.3, -0.25) is 0 Å². The van der Waals surface area contributed by atoms with Gasteiger partial charge >= 0.3 is 0 Å². The van der Waals surface area contributed by atoms with Gasteiger partial charge in [-0.15, -0.1) is 11.3 Å². The molecule has 0 unspecified atom stereocenters. The zero-order valence-corrected chi connectivity index (χ0v) is 17.1. The Bertz CT molecular complexity index is 1030. The molecule has 1 aliphatic heterocycles. The van der Waals surface area contributed by atoms with Crippen molar-refractivity contribution in [3.05, 3.63) is 45.8 Å². The highest BCUT2D eigenvalue weighted by molar-refractivity contribution is 9.11. The van der Waals surface area contributed by atoms with Crippen LogP contribution in [-0.2, 0) is 20.0 Å². The first-order valence-corrected chi connectivity index (χ1v) is 11.8. The van der Waals surface area contributed by atoms with Crippen molar-refractivity contribution in [3.63, 3.8) is 0 Å². The molecular weight excluding hydrogens is 474 g/mol. The Hall–Kier alpha value is -0.920. The maximum absolute atomic E-state index is 13.8. The Balaban J connectivity index is 1.79. The van der Waals surface area contributed by atoms with Gasteiger partial charge in [0.05, 0.1) is 3.79 Å². The molecule has 0 N–H and O–H groups in total. The lowest BCUT2D eigenvalue weighted by Crippen LogP contribution is -2.50. The summed E-state index contributed by atoms with van der Waals surface area (Å²) in [5.41, 5.74) is 0. The number of sulfonamides is 2. The second kappa shape index (κ2) is 7.24. The largest absolute Gasteiger partial charge is 0.252 e. The second-order valence-corrected chi connectivity index (χ2v) is 12.0. The lowest BCUT2D eigenvalue weighted by molar-refractivity contribution is 0.272. The lowest BCUT2D eigenvalue weighted by atomic mass is 10.3. The summed E-state index contributed by atoms with van der Waals surface area (Å²) >= 11 is 4.26. The van der Waals surface area contributed by atoms with Gasteiger partial charge in [0, 0.05) is 26.2 Å². The van der Waals surface area contributed by atoms with Crippen LogP contribution in [0.2, 0.25) is 0 Å². The van der Waals surface area contributed by atoms with Crippen LogP contribution in [0.4, 0.5) is 8.78 Å². The highest BCUT2D eigenvalue weighted by Gasteiger charge is 2.35.